The van der Waals surface area contributed by atoms with E-state index in [4.69, 9.17) is 4.74 Å². The van der Waals surface area contributed by atoms with Gasteiger partial charge in [0.2, 0.25) is 5.75 Å². The molecule has 0 N–H and O–H groups in total. The Bertz CT molecular complexity index is 850. The first-order valence-electron chi connectivity index (χ1n) is 7.36. The van der Waals surface area contributed by atoms with Gasteiger partial charge in [-0.25, -0.2) is 4.79 Å². The SMILES string of the molecule is CC(C)COC(=O)c1ccc2cc3ccccc3cc2c1[O]. The van der Waals surface area contributed by atoms with Crippen LogP contribution in [0.5, 0.6) is 5.75 Å². The zero-order valence-corrected chi connectivity index (χ0v) is 12.6. The van der Waals surface area contributed by atoms with E-state index in [0.29, 0.717) is 12.0 Å². The third-order valence-electron chi connectivity index (χ3n) is 3.60. The minimum absolute atomic E-state index is 0.100. The summed E-state index contributed by atoms with van der Waals surface area (Å²) < 4.78 is 5.17. The molecule has 0 saturated heterocycles. The van der Waals surface area contributed by atoms with Crippen LogP contribution < -0.4 is 0 Å². The Balaban J connectivity index is 2.08. The number of ether oxygens (including phenoxy) is 1. The normalized spacial score (nSPS) is 11.2. The van der Waals surface area contributed by atoms with E-state index < -0.39 is 5.97 Å². The van der Waals surface area contributed by atoms with Crippen molar-refractivity contribution < 1.29 is 14.6 Å². The smallest absolute Gasteiger partial charge is 0.342 e. The summed E-state index contributed by atoms with van der Waals surface area (Å²) in [6.07, 6.45) is 0. The van der Waals surface area contributed by atoms with Crippen molar-refractivity contribution in [2.24, 2.45) is 5.92 Å². The van der Waals surface area contributed by atoms with E-state index in [9.17, 15) is 9.90 Å². The zero-order valence-electron chi connectivity index (χ0n) is 12.6. The highest BCUT2D eigenvalue weighted by atomic mass is 16.5. The molecule has 0 aliphatic carbocycles. The average Bonchev–Trinajstić information content (AvgIpc) is 2.51. The monoisotopic (exact) mass is 293 g/mol. The Hall–Kier alpha value is -2.55. The van der Waals surface area contributed by atoms with Gasteiger partial charge in [0.15, 0.2) is 0 Å². The van der Waals surface area contributed by atoms with Crippen LogP contribution in [0, 0.1) is 5.92 Å². The van der Waals surface area contributed by atoms with Gasteiger partial charge in [0.25, 0.3) is 0 Å². The number of carbonyl (C=O) groups excluding carboxylic acids is 1. The number of hydrogen-bond acceptors (Lipinski definition) is 2. The van der Waals surface area contributed by atoms with E-state index in [0.717, 1.165) is 16.2 Å². The molecular formula is C19H17O3. The van der Waals surface area contributed by atoms with Crippen LogP contribution in [-0.4, -0.2) is 12.6 Å². The predicted molar refractivity (Wildman–Crippen MR) is 86.7 cm³/mol. The highest BCUT2D eigenvalue weighted by Gasteiger charge is 2.17. The van der Waals surface area contributed by atoms with Crippen LogP contribution in [0.15, 0.2) is 48.5 Å². The molecule has 3 aromatic carbocycles. The predicted octanol–water partition coefficient (Wildman–Crippen LogP) is 4.95. The fraction of sp³-hybridized carbons (Fsp3) is 0.211. The molecule has 0 atom stereocenters. The van der Waals surface area contributed by atoms with Crippen LogP contribution in [0.4, 0.5) is 0 Å². The molecule has 3 aromatic rings. The van der Waals surface area contributed by atoms with Crippen LogP contribution in [0.25, 0.3) is 21.5 Å². The van der Waals surface area contributed by atoms with E-state index in [-0.39, 0.29) is 17.2 Å². The van der Waals surface area contributed by atoms with Crippen molar-refractivity contribution in [1.29, 1.82) is 0 Å². The highest BCUT2D eigenvalue weighted by molar-refractivity contribution is 6.05. The van der Waals surface area contributed by atoms with Gasteiger partial charge in [0.05, 0.1) is 6.61 Å². The van der Waals surface area contributed by atoms with Crippen molar-refractivity contribution in [2.75, 3.05) is 6.61 Å². The van der Waals surface area contributed by atoms with Crippen molar-refractivity contribution >= 4 is 27.5 Å². The molecule has 0 amide bonds. The Kier molecular flexibility index (Phi) is 3.72. The second kappa shape index (κ2) is 5.68. The summed E-state index contributed by atoms with van der Waals surface area (Å²) in [6, 6.07) is 15.0. The second-order valence-electron chi connectivity index (χ2n) is 5.86. The van der Waals surface area contributed by atoms with Crippen LogP contribution in [0.2, 0.25) is 0 Å². The molecule has 0 aliphatic heterocycles. The molecule has 22 heavy (non-hydrogen) atoms. The zero-order chi connectivity index (χ0) is 15.7. The number of carbonyl (C=O) groups is 1. The van der Waals surface area contributed by atoms with Gasteiger partial charge in [-0.3, -0.25) is 5.11 Å². The minimum atomic E-state index is -0.547. The third kappa shape index (κ3) is 2.62. The van der Waals surface area contributed by atoms with Crippen LogP contribution in [0.1, 0.15) is 24.2 Å². The molecule has 1 radical (unpaired) electrons. The number of hydrogen-bond donors (Lipinski definition) is 0. The van der Waals surface area contributed by atoms with Gasteiger partial charge in [-0.15, -0.1) is 0 Å². The van der Waals surface area contributed by atoms with Crippen molar-refractivity contribution in [3.8, 4) is 5.75 Å². The Morgan fingerprint density at radius 3 is 2.36 bits per heavy atom. The van der Waals surface area contributed by atoms with E-state index in [1.807, 2.05) is 50.2 Å². The molecule has 3 rings (SSSR count). The number of benzene rings is 3. The lowest BCUT2D eigenvalue weighted by atomic mass is 10.0. The molecule has 3 heteroatoms. The van der Waals surface area contributed by atoms with Gasteiger partial charge >= 0.3 is 5.97 Å². The minimum Gasteiger partial charge on any atom is -0.462 e. The molecule has 0 heterocycles. The van der Waals surface area contributed by atoms with Gasteiger partial charge in [0, 0.05) is 5.39 Å². The average molecular weight is 293 g/mol. The summed E-state index contributed by atoms with van der Waals surface area (Å²) in [5.41, 5.74) is 0.100. The van der Waals surface area contributed by atoms with Crippen LogP contribution >= 0.6 is 0 Å². The molecule has 0 fully saturated rings. The van der Waals surface area contributed by atoms with Crippen molar-refractivity contribution in [2.45, 2.75) is 13.8 Å². The summed E-state index contributed by atoms with van der Waals surface area (Å²) in [6.45, 7) is 4.23. The number of fused-ring (bicyclic) bond motifs is 2. The summed E-state index contributed by atoms with van der Waals surface area (Å²) in [5, 5.41) is 16.0. The third-order valence-corrected chi connectivity index (χ3v) is 3.60. The van der Waals surface area contributed by atoms with E-state index >= 15 is 0 Å². The molecule has 0 aliphatic rings. The van der Waals surface area contributed by atoms with Crippen LogP contribution in [0.3, 0.4) is 0 Å². The molecule has 0 saturated carbocycles. The summed E-state index contributed by atoms with van der Waals surface area (Å²) >= 11 is 0. The first kappa shape index (κ1) is 14.4. The van der Waals surface area contributed by atoms with E-state index in [2.05, 4.69) is 0 Å². The maximum absolute atomic E-state index is 12.6. The van der Waals surface area contributed by atoms with E-state index in [1.165, 1.54) is 0 Å². The number of esters is 1. The van der Waals surface area contributed by atoms with Gasteiger partial charge in [0.1, 0.15) is 5.56 Å². The standard InChI is InChI=1S/C19H17O3/c1-12(2)11-22-19(21)16-8-7-15-9-13-5-3-4-6-14(13)10-17(15)18(16)20/h3-10,12H,11H2,1-2H3. The Morgan fingerprint density at radius 2 is 1.68 bits per heavy atom. The highest BCUT2D eigenvalue weighted by Crippen LogP contribution is 2.33. The molecule has 0 bridgehead atoms. The van der Waals surface area contributed by atoms with Crippen molar-refractivity contribution in [3.63, 3.8) is 0 Å². The largest absolute Gasteiger partial charge is 0.462 e. The van der Waals surface area contributed by atoms with Gasteiger partial charge in [-0.2, -0.15) is 0 Å². The molecule has 0 unspecified atom stereocenters. The van der Waals surface area contributed by atoms with Gasteiger partial charge in [-0.05, 0) is 40.3 Å². The lowest BCUT2D eigenvalue weighted by molar-refractivity contribution is 0.0454. The molecule has 0 spiro atoms. The summed E-state index contributed by atoms with van der Waals surface area (Å²) in [7, 11) is 0. The maximum atomic E-state index is 12.6. The molecular weight excluding hydrogens is 276 g/mol. The number of rotatable bonds is 3. The van der Waals surface area contributed by atoms with Crippen molar-refractivity contribution in [1.82, 2.24) is 0 Å². The quantitative estimate of drug-likeness (QED) is 0.506. The van der Waals surface area contributed by atoms with Crippen LogP contribution in [-0.2, 0) is 9.84 Å². The Morgan fingerprint density at radius 1 is 1.00 bits per heavy atom. The van der Waals surface area contributed by atoms with Gasteiger partial charge in [-0.1, -0.05) is 44.2 Å². The first-order chi connectivity index (χ1) is 10.6. The first-order valence-corrected chi connectivity index (χ1v) is 7.36. The maximum Gasteiger partial charge on any atom is 0.342 e. The van der Waals surface area contributed by atoms with E-state index in [1.54, 1.807) is 12.1 Å². The summed E-state index contributed by atoms with van der Waals surface area (Å²) in [5.74, 6) is -0.575. The fourth-order valence-corrected chi connectivity index (χ4v) is 2.47. The topological polar surface area (TPSA) is 46.2 Å². The fourth-order valence-electron chi connectivity index (χ4n) is 2.47. The lowest BCUT2D eigenvalue weighted by Crippen LogP contribution is -2.10. The molecule has 0 aromatic heterocycles. The van der Waals surface area contributed by atoms with Gasteiger partial charge < -0.3 is 4.74 Å². The molecule has 3 nitrogen and oxygen atoms in total. The second-order valence-corrected chi connectivity index (χ2v) is 5.86. The van der Waals surface area contributed by atoms with Crippen molar-refractivity contribution in [3.05, 3.63) is 54.1 Å². The lowest BCUT2D eigenvalue weighted by Gasteiger charge is -2.09. The summed E-state index contributed by atoms with van der Waals surface area (Å²) in [4.78, 5) is 12.1. The Labute approximate surface area is 129 Å². The molecule has 111 valence electrons.